The molecule has 7 heteroatoms. The Hall–Kier alpha value is -3.22. The van der Waals surface area contributed by atoms with Gasteiger partial charge in [0.15, 0.2) is 18.1 Å². The Morgan fingerprint density at radius 1 is 1.11 bits per heavy atom. The second-order valence-corrected chi connectivity index (χ2v) is 6.82. The number of amides is 1. The highest BCUT2D eigenvalue weighted by atomic mass is 16.6. The molecule has 148 valence electrons. The van der Waals surface area contributed by atoms with E-state index in [1.807, 2.05) is 32.0 Å². The summed E-state index contributed by atoms with van der Waals surface area (Å²) in [6.45, 7) is 4.56. The van der Waals surface area contributed by atoms with Gasteiger partial charge in [-0.1, -0.05) is 26.0 Å². The number of phenols is 1. The lowest BCUT2D eigenvalue weighted by Gasteiger charge is -2.25. The van der Waals surface area contributed by atoms with Gasteiger partial charge in [0.2, 0.25) is 0 Å². The number of nitrogens with one attached hydrogen (secondary N) is 1. The number of rotatable bonds is 6. The van der Waals surface area contributed by atoms with Gasteiger partial charge in [-0.25, -0.2) is 4.79 Å². The summed E-state index contributed by atoms with van der Waals surface area (Å²) in [5, 5.41) is 12.3. The fraction of sp³-hybridized carbons (Fsp3) is 0.333. The second kappa shape index (κ2) is 8.65. The molecule has 2 N–H and O–H groups in total. The van der Waals surface area contributed by atoms with Crippen molar-refractivity contribution in [2.45, 2.75) is 19.9 Å². The Morgan fingerprint density at radius 2 is 1.86 bits per heavy atom. The summed E-state index contributed by atoms with van der Waals surface area (Å²) in [5.41, 5.74) is 1.06. The van der Waals surface area contributed by atoms with Crippen LogP contribution in [0.3, 0.4) is 0 Å². The predicted molar refractivity (Wildman–Crippen MR) is 102 cm³/mol. The van der Waals surface area contributed by atoms with Crippen LogP contribution in [0.25, 0.3) is 0 Å². The first-order valence-electron chi connectivity index (χ1n) is 9.09. The van der Waals surface area contributed by atoms with Crippen LogP contribution in [-0.4, -0.2) is 36.8 Å². The van der Waals surface area contributed by atoms with Crippen LogP contribution >= 0.6 is 0 Å². The molecule has 0 unspecified atom stereocenters. The quantitative estimate of drug-likeness (QED) is 0.743. The third-order valence-corrected chi connectivity index (χ3v) is 4.32. The van der Waals surface area contributed by atoms with Crippen molar-refractivity contribution in [2.75, 3.05) is 19.8 Å². The first-order valence-corrected chi connectivity index (χ1v) is 9.09. The van der Waals surface area contributed by atoms with E-state index in [9.17, 15) is 14.7 Å². The van der Waals surface area contributed by atoms with Gasteiger partial charge in [-0.2, -0.15) is 0 Å². The number of aromatic hydroxyl groups is 1. The van der Waals surface area contributed by atoms with Crippen LogP contribution in [0.15, 0.2) is 42.5 Å². The molecule has 1 heterocycles. The molecule has 1 aliphatic rings. The molecular formula is C21H23NO6. The van der Waals surface area contributed by atoms with Crippen LogP contribution in [0.5, 0.6) is 17.2 Å². The third kappa shape index (κ3) is 4.73. The SMILES string of the molecule is CC(C)[C@H](NC(=O)COC(=O)c1cccc(O)c1)c1ccc2c(c1)OCCO2. The van der Waals surface area contributed by atoms with E-state index in [1.54, 1.807) is 0 Å². The Balaban J connectivity index is 1.62. The van der Waals surface area contributed by atoms with E-state index in [2.05, 4.69) is 5.32 Å². The molecule has 0 bridgehead atoms. The summed E-state index contributed by atoms with van der Waals surface area (Å²) in [5.74, 6) is 0.307. The van der Waals surface area contributed by atoms with Crippen LogP contribution in [-0.2, 0) is 9.53 Å². The number of carbonyl (C=O) groups is 2. The molecular weight excluding hydrogens is 362 g/mol. The molecule has 2 aromatic carbocycles. The molecule has 0 fully saturated rings. The molecule has 0 spiro atoms. The second-order valence-electron chi connectivity index (χ2n) is 6.82. The number of phenolic OH excluding ortho intramolecular Hbond substituents is 1. The van der Waals surface area contributed by atoms with Gasteiger partial charge >= 0.3 is 5.97 Å². The predicted octanol–water partition coefficient (Wildman–Crippen LogP) is 2.83. The number of hydrogen-bond acceptors (Lipinski definition) is 6. The minimum Gasteiger partial charge on any atom is -0.508 e. The van der Waals surface area contributed by atoms with Crippen molar-refractivity contribution >= 4 is 11.9 Å². The Labute approximate surface area is 163 Å². The van der Waals surface area contributed by atoms with Crippen molar-refractivity contribution in [1.29, 1.82) is 0 Å². The highest BCUT2D eigenvalue weighted by Crippen LogP contribution is 2.34. The van der Waals surface area contributed by atoms with E-state index in [-0.39, 0.29) is 23.3 Å². The topological polar surface area (TPSA) is 94.1 Å². The van der Waals surface area contributed by atoms with Gasteiger partial charge < -0.3 is 24.6 Å². The summed E-state index contributed by atoms with van der Waals surface area (Å²) in [4.78, 5) is 24.3. The number of fused-ring (bicyclic) bond motifs is 1. The minimum absolute atomic E-state index is 0.0441. The summed E-state index contributed by atoms with van der Waals surface area (Å²) in [7, 11) is 0. The number of ether oxygens (including phenoxy) is 3. The smallest absolute Gasteiger partial charge is 0.338 e. The largest absolute Gasteiger partial charge is 0.508 e. The summed E-state index contributed by atoms with van der Waals surface area (Å²) in [6.07, 6.45) is 0. The zero-order valence-corrected chi connectivity index (χ0v) is 15.8. The van der Waals surface area contributed by atoms with Crippen LogP contribution in [0.1, 0.15) is 35.8 Å². The molecule has 0 aromatic heterocycles. The van der Waals surface area contributed by atoms with Crippen molar-refractivity contribution in [3.63, 3.8) is 0 Å². The van der Waals surface area contributed by atoms with E-state index < -0.39 is 18.5 Å². The average molecular weight is 385 g/mol. The third-order valence-electron chi connectivity index (χ3n) is 4.32. The van der Waals surface area contributed by atoms with Gasteiger partial charge in [0.05, 0.1) is 11.6 Å². The first-order chi connectivity index (χ1) is 13.4. The maximum Gasteiger partial charge on any atom is 0.338 e. The van der Waals surface area contributed by atoms with E-state index in [1.165, 1.54) is 24.3 Å². The number of esters is 1. The first kappa shape index (κ1) is 19.5. The molecule has 1 amide bonds. The van der Waals surface area contributed by atoms with Gasteiger partial charge in [0.1, 0.15) is 19.0 Å². The normalized spacial score (nSPS) is 13.7. The molecule has 0 radical (unpaired) electrons. The zero-order valence-electron chi connectivity index (χ0n) is 15.8. The lowest BCUT2D eigenvalue weighted by molar-refractivity contribution is -0.125. The Morgan fingerprint density at radius 3 is 2.57 bits per heavy atom. The van der Waals surface area contributed by atoms with Crippen molar-refractivity contribution in [1.82, 2.24) is 5.32 Å². The van der Waals surface area contributed by atoms with Gasteiger partial charge in [-0.3, -0.25) is 4.79 Å². The van der Waals surface area contributed by atoms with Gasteiger partial charge in [-0.05, 0) is 41.8 Å². The van der Waals surface area contributed by atoms with E-state index >= 15 is 0 Å². The molecule has 3 rings (SSSR count). The van der Waals surface area contributed by atoms with E-state index in [0.717, 1.165) is 5.56 Å². The maximum absolute atomic E-state index is 12.3. The zero-order chi connectivity index (χ0) is 20.1. The van der Waals surface area contributed by atoms with Crippen molar-refractivity contribution in [2.24, 2.45) is 5.92 Å². The number of carbonyl (C=O) groups excluding carboxylic acids is 2. The molecule has 2 aromatic rings. The monoisotopic (exact) mass is 385 g/mol. The Bertz CT molecular complexity index is 864. The fourth-order valence-corrected chi connectivity index (χ4v) is 2.95. The molecule has 1 aliphatic heterocycles. The Kier molecular flexibility index (Phi) is 6.03. The number of benzene rings is 2. The van der Waals surface area contributed by atoms with Crippen molar-refractivity contribution in [3.8, 4) is 17.2 Å². The van der Waals surface area contributed by atoms with Gasteiger partial charge in [0.25, 0.3) is 5.91 Å². The molecule has 0 aliphatic carbocycles. The standard InChI is InChI=1S/C21H23NO6/c1-13(2)20(14-6-7-17-18(11-14)27-9-8-26-17)22-19(24)12-28-21(25)15-4-3-5-16(23)10-15/h3-7,10-11,13,20,23H,8-9,12H2,1-2H3,(H,22,24)/t20-/m0/s1. The number of hydrogen-bond donors (Lipinski definition) is 2. The molecule has 7 nitrogen and oxygen atoms in total. The lowest BCUT2D eigenvalue weighted by Crippen LogP contribution is -2.35. The van der Waals surface area contributed by atoms with Crippen molar-refractivity contribution < 1.29 is 28.9 Å². The highest BCUT2D eigenvalue weighted by molar-refractivity contribution is 5.91. The molecule has 28 heavy (non-hydrogen) atoms. The summed E-state index contributed by atoms with van der Waals surface area (Å²) >= 11 is 0. The molecule has 0 saturated carbocycles. The maximum atomic E-state index is 12.3. The minimum atomic E-state index is -0.675. The van der Waals surface area contributed by atoms with Crippen LogP contribution in [0, 0.1) is 5.92 Å². The van der Waals surface area contributed by atoms with E-state index in [4.69, 9.17) is 14.2 Å². The molecule has 1 atom stereocenters. The highest BCUT2D eigenvalue weighted by Gasteiger charge is 2.22. The van der Waals surface area contributed by atoms with Crippen LogP contribution < -0.4 is 14.8 Å². The van der Waals surface area contributed by atoms with Gasteiger partial charge in [0, 0.05) is 0 Å². The van der Waals surface area contributed by atoms with Crippen LogP contribution in [0.4, 0.5) is 0 Å². The summed E-state index contributed by atoms with van der Waals surface area (Å²) < 4.78 is 16.2. The van der Waals surface area contributed by atoms with Crippen molar-refractivity contribution in [3.05, 3.63) is 53.6 Å². The van der Waals surface area contributed by atoms with E-state index in [0.29, 0.717) is 24.7 Å². The lowest BCUT2D eigenvalue weighted by atomic mass is 9.95. The van der Waals surface area contributed by atoms with Crippen LogP contribution in [0.2, 0.25) is 0 Å². The summed E-state index contributed by atoms with van der Waals surface area (Å²) in [6, 6.07) is 11.1. The molecule has 0 saturated heterocycles. The van der Waals surface area contributed by atoms with Gasteiger partial charge in [-0.15, -0.1) is 0 Å². The fourth-order valence-electron chi connectivity index (χ4n) is 2.95. The average Bonchev–Trinajstić information content (AvgIpc) is 2.69.